The molecule has 66 heavy (non-hydrogen) atoms. The SMILES string of the molecule is CCCCCCCCCCCCCCCCCCCCCCCCCCC(=O)OC(COC(=O)CCCCCCCCCCCCCCCCCCCC)COP(=O)(O)OCC(N)C(=O)O. The zero-order valence-corrected chi connectivity index (χ0v) is 44.0. The Hall–Kier alpha value is -1.52. The zero-order chi connectivity index (χ0) is 48.4. The van der Waals surface area contributed by atoms with Crippen LogP contribution in [0.2, 0.25) is 0 Å². The van der Waals surface area contributed by atoms with Gasteiger partial charge >= 0.3 is 25.7 Å². The van der Waals surface area contributed by atoms with Gasteiger partial charge in [0.25, 0.3) is 0 Å². The van der Waals surface area contributed by atoms with Gasteiger partial charge in [0.05, 0.1) is 13.2 Å². The topological polar surface area (TPSA) is 172 Å². The van der Waals surface area contributed by atoms with E-state index in [0.29, 0.717) is 12.8 Å². The van der Waals surface area contributed by atoms with Gasteiger partial charge in [-0.3, -0.25) is 23.4 Å². The van der Waals surface area contributed by atoms with Gasteiger partial charge in [0.1, 0.15) is 12.6 Å². The van der Waals surface area contributed by atoms with Crippen molar-refractivity contribution >= 4 is 25.7 Å². The lowest BCUT2D eigenvalue weighted by atomic mass is 10.0. The van der Waals surface area contributed by atoms with E-state index in [0.717, 1.165) is 38.5 Å². The summed E-state index contributed by atoms with van der Waals surface area (Å²) in [6.07, 6.45) is 53.2. The van der Waals surface area contributed by atoms with Gasteiger partial charge in [-0.15, -0.1) is 0 Å². The molecule has 0 aliphatic rings. The molecule has 0 radical (unpaired) electrons. The fourth-order valence-electron chi connectivity index (χ4n) is 8.48. The number of phosphoric acid groups is 1. The highest BCUT2D eigenvalue weighted by atomic mass is 31.2. The van der Waals surface area contributed by atoms with Crippen LogP contribution >= 0.6 is 7.82 Å². The van der Waals surface area contributed by atoms with Gasteiger partial charge in [0.15, 0.2) is 6.10 Å². The van der Waals surface area contributed by atoms with Crippen LogP contribution in [0.3, 0.4) is 0 Å². The van der Waals surface area contributed by atoms with Crippen molar-refractivity contribution in [2.45, 2.75) is 309 Å². The lowest BCUT2D eigenvalue weighted by molar-refractivity contribution is -0.161. The van der Waals surface area contributed by atoms with Gasteiger partial charge < -0.3 is 25.2 Å². The quantitative estimate of drug-likeness (QED) is 0.0301. The molecule has 0 spiro atoms. The van der Waals surface area contributed by atoms with Crippen LogP contribution in [0.1, 0.15) is 296 Å². The molecule has 0 bridgehead atoms. The number of unbranched alkanes of at least 4 members (excludes halogenated alkanes) is 40. The molecular formula is C54H106NO10P. The van der Waals surface area contributed by atoms with Gasteiger partial charge in [-0.1, -0.05) is 271 Å². The molecule has 0 aliphatic carbocycles. The molecule has 0 aliphatic heterocycles. The molecule has 0 rings (SSSR count). The summed E-state index contributed by atoms with van der Waals surface area (Å²) in [7, 11) is -4.72. The smallest absolute Gasteiger partial charge is 0.472 e. The second kappa shape index (κ2) is 49.9. The highest BCUT2D eigenvalue weighted by Crippen LogP contribution is 2.43. The average Bonchev–Trinajstić information content (AvgIpc) is 3.30. The zero-order valence-electron chi connectivity index (χ0n) is 43.1. The Bertz CT molecular complexity index is 1130. The number of nitrogens with two attached hydrogens (primary N) is 1. The number of aliphatic carboxylic acids is 1. The summed E-state index contributed by atoms with van der Waals surface area (Å²) in [6, 6.07) is -1.52. The molecule has 11 nitrogen and oxygen atoms in total. The van der Waals surface area contributed by atoms with Crippen LogP contribution in [-0.2, 0) is 37.5 Å². The Morgan fingerprint density at radius 1 is 0.409 bits per heavy atom. The van der Waals surface area contributed by atoms with Crippen LogP contribution in [0.4, 0.5) is 0 Å². The number of phosphoric ester groups is 1. The molecule has 0 amide bonds. The van der Waals surface area contributed by atoms with Gasteiger partial charge in [-0.2, -0.15) is 0 Å². The molecule has 0 saturated heterocycles. The Balaban J connectivity index is 4.11. The van der Waals surface area contributed by atoms with E-state index in [4.69, 9.17) is 29.4 Å². The summed E-state index contributed by atoms with van der Waals surface area (Å²) in [5.74, 6) is -2.35. The van der Waals surface area contributed by atoms with E-state index in [1.807, 2.05) is 0 Å². The number of carboxylic acid groups (broad SMARTS) is 1. The van der Waals surface area contributed by atoms with Crippen molar-refractivity contribution in [1.82, 2.24) is 0 Å². The van der Waals surface area contributed by atoms with Crippen molar-refractivity contribution in [2.75, 3.05) is 19.8 Å². The minimum Gasteiger partial charge on any atom is -0.480 e. The second-order valence-corrected chi connectivity index (χ2v) is 20.9. The number of carbonyl (C=O) groups excluding carboxylic acids is 2. The molecule has 0 aromatic heterocycles. The van der Waals surface area contributed by atoms with Crippen molar-refractivity contribution < 1.29 is 47.5 Å². The van der Waals surface area contributed by atoms with Crippen LogP contribution in [0.5, 0.6) is 0 Å². The van der Waals surface area contributed by atoms with E-state index >= 15 is 0 Å². The number of carboxylic acids is 1. The third-order valence-electron chi connectivity index (χ3n) is 12.9. The lowest BCUT2D eigenvalue weighted by Crippen LogP contribution is -2.34. The molecular weight excluding hydrogens is 854 g/mol. The first-order valence-electron chi connectivity index (χ1n) is 28.1. The normalized spacial score (nSPS) is 13.4. The van der Waals surface area contributed by atoms with Gasteiger partial charge in [0.2, 0.25) is 0 Å². The predicted octanol–water partition coefficient (Wildman–Crippen LogP) is 16.2. The summed E-state index contributed by atoms with van der Waals surface area (Å²) in [5, 5.41) is 8.94. The Morgan fingerprint density at radius 2 is 0.667 bits per heavy atom. The molecule has 392 valence electrons. The van der Waals surface area contributed by atoms with E-state index in [-0.39, 0.29) is 19.4 Å². The molecule has 0 saturated carbocycles. The summed E-state index contributed by atoms with van der Waals surface area (Å²) >= 11 is 0. The summed E-state index contributed by atoms with van der Waals surface area (Å²) in [5.41, 5.74) is 5.36. The van der Waals surface area contributed by atoms with Crippen LogP contribution in [0.15, 0.2) is 0 Å². The Morgan fingerprint density at radius 3 is 0.955 bits per heavy atom. The molecule has 12 heteroatoms. The van der Waals surface area contributed by atoms with Crippen LogP contribution in [0.25, 0.3) is 0 Å². The molecule has 0 heterocycles. The molecule has 3 atom stereocenters. The predicted molar refractivity (Wildman–Crippen MR) is 273 cm³/mol. The van der Waals surface area contributed by atoms with E-state index in [2.05, 4.69) is 13.8 Å². The third kappa shape index (κ3) is 48.9. The maximum Gasteiger partial charge on any atom is 0.472 e. The minimum absolute atomic E-state index is 0.170. The number of rotatable bonds is 54. The lowest BCUT2D eigenvalue weighted by Gasteiger charge is -2.20. The van der Waals surface area contributed by atoms with Crippen LogP contribution in [0, 0.1) is 0 Å². The number of hydrogen-bond donors (Lipinski definition) is 3. The molecule has 0 fully saturated rings. The average molecular weight is 960 g/mol. The minimum atomic E-state index is -4.72. The highest BCUT2D eigenvalue weighted by molar-refractivity contribution is 7.47. The van der Waals surface area contributed by atoms with E-state index in [1.165, 1.54) is 218 Å². The maximum absolute atomic E-state index is 12.7. The Kier molecular flexibility index (Phi) is 48.7. The maximum atomic E-state index is 12.7. The van der Waals surface area contributed by atoms with Crippen molar-refractivity contribution in [3.05, 3.63) is 0 Å². The first-order valence-corrected chi connectivity index (χ1v) is 29.6. The summed E-state index contributed by atoms with van der Waals surface area (Å²) in [4.78, 5) is 46.3. The fourth-order valence-corrected chi connectivity index (χ4v) is 9.26. The molecule has 0 aromatic rings. The first-order chi connectivity index (χ1) is 32.1. The molecule has 0 aromatic carbocycles. The number of carbonyl (C=O) groups is 3. The molecule has 4 N–H and O–H groups in total. The standard InChI is InChI=1S/C54H106NO10P/c1-3-5-7-9-11-13-15-17-19-21-23-24-25-26-27-28-30-32-34-36-38-40-42-44-46-53(57)65-50(48-63-66(60,61)64-49-51(55)54(58)59)47-62-52(56)45-43-41-39-37-35-33-31-29-22-20-18-16-14-12-10-8-6-4-2/h50-51H,3-49,55H2,1-2H3,(H,58,59)(H,60,61). The largest absolute Gasteiger partial charge is 0.480 e. The van der Waals surface area contributed by atoms with E-state index in [9.17, 15) is 23.8 Å². The number of hydrogen-bond acceptors (Lipinski definition) is 9. The first kappa shape index (κ1) is 64.5. The fraction of sp³-hybridized carbons (Fsp3) is 0.944. The van der Waals surface area contributed by atoms with Crippen molar-refractivity contribution in [3.8, 4) is 0 Å². The third-order valence-corrected chi connectivity index (χ3v) is 13.8. The van der Waals surface area contributed by atoms with Crippen molar-refractivity contribution in [3.63, 3.8) is 0 Å². The monoisotopic (exact) mass is 960 g/mol. The van der Waals surface area contributed by atoms with Crippen LogP contribution in [-0.4, -0.2) is 59.9 Å². The Labute approximate surface area is 405 Å². The van der Waals surface area contributed by atoms with Crippen molar-refractivity contribution in [1.29, 1.82) is 0 Å². The summed E-state index contributed by atoms with van der Waals surface area (Å²) in [6.45, 7) is 2.89. The van der Waals surface area contributed by atoms with E-state index < -0.39 is 51.1 Å². The van der Waals surface area contributed by atoms with Crippen molar-refractivity contribution in [2.24, 2.45) is 5.73 Å². The van der Waals surface area contributed by atoms with E-state index in [1.54, 1.807) is 0 Å². The molecule has 3 unspecified atom stereocenters. The second-order valence-electron chi connectivity index (χ2n) is 19.4. The highest BCUT2D eigenvalue weighted by Gasteiger charge is 2.28. The van der Waals surface area contributed by atoms with Gasteiger partial charge in [-0.25, -0.2) is 4.57 Å². The van der Waals surface area contributed by atoms with Gasteiger partial charge in [0, 0.05) is 12.8 Å². The number of ether oxygens (including phenoxy) is 2. The van der Waals surface area contributed by atoms with Gasteiger partial charge in [-0.05, 0) is 12.8 Å². The number of esters is 2. The van der Waals surface area contributed by atoms with Crippen LogP contribution < -0.4 is 5.73 Å². The summed E-state index contributed by atoms with van der Waals surface area (Å²) < 4.78 is 32.9.